The van der Waals surface area contributed by atoms with Gasteiger partial charge in [-0.1, -0.05) is 12.1 Å². The second kappa shape index (κ2) is 5.92. The van der Waals surface area contributed by atoms with Crippen molar-refractivity contribution in [2.24, 2.45) is 0 Å². The summed E-state index contributed by atoms with van der Waals surface area (Å²) in [6, 6.07) is 5.18. The summed E-state index contributed by atoms with van der Waals surface area (Å²) in [6.07, 6.45) is -4.28. The van der Waals surface area contributed by atoms with Gasteiger partial charge in [-0.2, -0.15) is 13.2 Å². The van der Waals surface area contributed by atoms with Gasteiger partial charge in [0.25, 0.3) is 0 Å². The Hall–Kier alpha value is -1.07. The summed E-state index contributed by atoms with van der Waals surface area (Å²) in [5.41, 5.74) is -0.110. The minimum atomic E-state index is -4.28. The second-order valence-electron chi connectivity index (χ2n) is 5.19. The summed E-state index contributed by atoms with van der Waals surface area (Å²) in [6.45, 7) is 6.42. The summed E-state index contributed by atoms with van der Waals surface area (Å²) in [4.78, 5) is 0. The molecule has 5 heteroatoms. The van der Waals surface area contributed by atoms with E-state index in [9.17, 15) is 13.2 Å². The molecule has 0 aromatic heterocycles. The minimum absolute atomic E-state index is 0.0308. The molecule has 1 aromatic rings. The highest BCUT2D eigenvalue weighted by Crippen LogP contribution is 2.29. The molecule has 0 amide bonds. The fourth-order valence-electron chi connectivity index (χ4n) is 1.55. The predicted molar refractivity (Wildman–Crippen MR) is 68.9 cm³/mol. The highest BCUT2D eigenvalue weighted by molar-refractivity contribution is 5.26. The third kappa shape index (κ3) is 4.84. The Labute approximate surface area is 112 Å². The van der Waals surface area contributed by atoms with Gasteiger partial charge < -0.3 is 10.1 Å². The summed E-state index contributed by atoms with van der Waals surface area (Å²) in [7, 11) is 1.63. The average Bonchev–Trinajstić information content (AvgIpc) is 2.35. The molecule has 1 N–H and O–H groups in total. The topological polar surface area (TPSA) is 21.3 Å². The van der Waals surface area contributed by atoms with E-state index < -0.39 is 11.7 Å². The van der Waals surface area contributed by atoms with Gasteiger partial charge in [-0.05, 0) is 38.5 Å². The van der Waals surface area contributed by atoms with Crippen molar-refractivity contribution < 1.29 is 17.9 Å². The van der Waals surface area contributed by atoms with Crippen molar-refractivity contribution in [3.63, 3.8) is 0 Å². The number of hydrogen-bond donors (Lipinski definition) is 1. The van der Waals surface area contributed by atoms with E-state index in [1.807, 2.05) is 20.8 Å². The standard InChI is InChI=1S/C14H20F3NO/c1-10(18-9-13(2,3)19-4)11-5-7-12(8-6-11)14(15,16)17/h5-8,10,18H,9H2,1-4H3. The molecule has 108 valence electrons. The summed E-state index contributed by atoms with van der Waals surface area (Å²) >= 11 is 0. The van der Waals surface area contributed by atoms with Gasteiger partial charge in [0, 0.05) is 19.7 Å². The van der Waals surface area contributed by atoms with Gasteiger partial charge in [-0.25, -0.2) is 0 Å². The third-order valence-electron chi connectivity index (χ3n) is 3.12. The Balaban J connectivity index is 2.66. The van der Waals surface area contributed by atoms with E-state index in [1.165, 1.54) is 12.1 Å². The maximum absolute atomic E-state index is 12.4. The Morgan fingerprint density at radius 1 is 1.16 bits per heavy atom. The lowest BCUT2D eigenvalue weighted by atomic mass is 10.0. The molecule has 19 heavy (non-hydrogen) atoms. The molecule has 0 aliphatic rings. The van der Waals surface area contributed by atoms with Gasteiger partial charge in [-0.15, -0.1) is 0 Å². The van der Waals surface area contributed by atoms with Crippen molar-refractivity contribution in [3.8, 4) is 0 Å². The van der Waals surface area contributed by atoms with Crippen LogP contribution in [-0.2, 0) is 10.9 Å². The van der Waals surface area contributed by atoms with Crippen LogP contribution in [0.5, 0.6) is 0 Å². The first-order valence-corrected chi connectivity index (χ1v) is 6.11. The van der Waals surface area contributed by atoms with Crippen molar-refractivity contribution in [2.75, 3.05) is 13.7 Å². The first kappa shape index (κ1) is 16.0. The largest absolute Gasteiger partial charge is 0.416 e. The van der Waals surface area contributed by atoms with E-state index in [0.29, 0.717) is 6.54 Å². The highest BCUT2D eigenvalue weighted by atomic mass is 19.4. The zero-order valence-corrected chi connectivity index (χ0v) is 11.6. The maximum Gasteiger partial charge on any atom is 0.416 e. The SMILES string of the molecule is COC(C)(C)CNC(C)c1ccc(C(F)(F)F)cc1. The number of ether oxygens (including phenoxy) is 1. The predicted octanol–water partition coefficient (Wildman–Crippen LogP) is 3.78. The molecule has 0 heterocycles. The van der Waals surface area contributed by atoms with Crippen molar-refractivity contribution in [1.29, 1.82) is 0 Å². The van der Waals surface area contributed by atoms with Crippen molar-refractivity contribution in [3.05, 3.63) is 35.4 Å². The third-order valence-corrected chi connectivity index (χ3v) is 3.12. The fourth-order valence-corrected chi connectivity index (χ4v) is 1.55. The zero-order chi connectivity index (χ0) is 14.7. The van der Waals surface area contributed by atoms with Crippen molar-refractivity contribution in [1.82, 2.24) is 5.32 Å². The molecular weight excluding hydrogens is 255 g/mol. The van der Waals surface area contributed by atoms with E-state index in [0.717, 1.165) is 17.7 Å². The molecule has 0 saturated carbocycles. The van der Waals surface area contributed by atoms with Crippen LogP contribution < -0.4 is 5.32 Å². The Morgan fingerprint density at radius 3 is 2.11 bits per heavy atom. The Bertz CT molecular complexity index is 398. The van der Waals surface area contributed by atoms with Crippen molar-refractivity contribution >= 4 is 0 Å². The molecule has 0 aliphatic heterocycles. The quantitative estimate of drug-likeness (QED) is 0.883. The number of methoxy groups -OCH3 is 1. The van der Waals surface area contributed by atoms with E-state index in [2.05, 4.69) is 5.32 Å². The molecule has 1 atom stereocenters. The lowest BCUT2D eigenvalue weighted by molar-refractivity contribution is -0.137. The maximum atomic E-state index is 12.4. The normalized spacial score (nSPS) is 14.5. The Kier molecular flexibility index (Phi) is 4.98. The fraction of sp³-hybridized carbons (Fsp3) is 0.571. The van der Waals surface area contributed by atoms with Crippen LogP contribution in [0.2, 0.25) is 0 Å². The Morgan fingerprint density at radius 2 is 1.68 bits per heavy atom. The molecular formula is C14H20F3NO. The number of alkyl halides is 3. The first-order valence-electron chi connectivity index (χ1n) is 6.11. The van der Waals surface area contributed by atoms with Gasteiger partial charge >= 0.3 is 6.18 Å². The van der Waals surface area contributed by atoms with Crippen LogP contribution >= 0.6 is 0 Å². The van der Waals surface area contributed by atoms with E-state index >= 15 is 0 Å². The molecule has 0 spiro atoms. The minimum Gasteiger partial charge on any atom is -0.377 e. The molecule has 0 radical (unpaired) electrons. The molecule has 0 fully saturated rings. The van der Waals surface area contributed by atoms with Crippen molar-refractivity contribution in [2.45, 2.75) is 38.6 Å². The van der Waals surface area contributed by atoms with Gasteiger partial charge in [0.1, 0.15) is 0 Å². The van der Waals surface area contributed by atoms with Crippen LogP contribution in [0.25, 0.3) is 0 Å². The second-order valence-corrected chi connectivity index (χ2v) is 5.19. The lowest BCUT2D eigenvalue weighted by Gasteiger charge is -2.26. The van der Waals surface area contributed by atoms with Crippen LogP contribution in [0.3, 0.4) is 0 Å². The number of hydrogen-bond acceptors (Lipinski definition) is 2. The number of rotatable bonds is 5. The molecule has 1 unspecified atom stereocenters. The van der Waals surface area contributed by atoms with Gasteiger partial charge in [0.05, 0.1) is 11.2 Å². The summed E-state index contributed by atoms with van der Waals surface area (Å²) < 4.78 is 42.6. The number of benzene rings is 1. The van der Waals surface area contributed by atoms with Crippen LogP contribution in [0.1, 0.15) is 37.9 Å². The van der Waals surface area contributed by atoms with Crippen LogP contribution in [0.15, 0.2) is 24.3 Å². The van der Waals surface area contributed by atoms with Crippen LogP contribution in [-0.4, -0.2) is 19.3 Å². The summed E-state index contributed by atoms with van der Waals surface area (Å²) in [5.74, 6) is 0. The highest BCUT2D eigenvalue weighted by Gasteiger charge is 2.30. The molecule has 1 aromatic carbocycles. The first-order chi connectivity index (χ1) is 8.65. The molecule has 0 saturated heterocycles. The monoisotopic (exact) mass is 275 g/mol. The molecule has 0 aliphatic carbocycles. The average molecular weight is 275 g/mol. The van der Waals surface area contributed by atoms with E-state index in [-0.39, 0.29) is 11.6 Å². The zero-order valence-electron chi connectivity index (χ0n) is 11.6. The van der Waals surface area contributed by atoms with Gasteiger partial charge in [-0.3, -0.25) is 0 Å². The van der Waals surface area contributed by atoms with Gasteiger partial charge in [0.15, 0.2) is 0 Å². The molecule has 0 bridgehead atoms. The molecule has 2 nitrogen and oxygen atoms in total. The van der Waals surface area contributed by atoms with E-state index in [1.54, 1.807) is 7.11 Å². The number of nitrogens with one attached hydrogen (secondary N) is 1. The summed E-state index contributed by atoms with van der Waals surface area (Å²) in [5, 5.41) is 3.24. The van der Waals surface area contributed by atoms with E-state index in [4.69, 9.17) is 4.74 Å². The van der Waals surface area contributed by atoms with Crippen LogP contribution in [0, 0.1) is 0 Å². The smallest absolute Gasteiger partial charge is 0.377 e. The number of halogens is 3. The van der Waals surface area contributed by atoms with Crippen LogP contribution in [0.4, 0.5) is 13.2 Å². The lowest BCUT2D eigenvalue weighted by Crippen LogP contribution is -2.37. The van der Waals surface area contributed by atoms with Gasteiger partial charge in [0.2, 0.25) is 0 Å². The molecule has 1 rings (SSSR count).